The molecule has 0 saturated carbocycles. The molecule has 1 aliphatic rings. The molecule has 0 spiro atoms. The van der Waals surface area contributed by atoms with E-state index < -0.39 is 0 Å². The van der Waals surface area contributed by atoms with Gasteiger partial charge in [-0.15, -0.1) is 0 Å². The van der Waals surface area contributed by atoms with E-state index >= 15 is 0 Å². The minimum Gasteiger partial charge on any atom is -0.398 e. The van der Waals surface area contributed by atoms with Crippen molar-refractivity contribution in [2.45, 2.75) is 32.9 Å². The first-order valence-electron chi connectivity index (χ1n) is 8.16. The van der Waals surface area contributed by atoms with Crippen LogP contribution in [0.2, 0.25) is 5.02 Å². The van der Waals surface area contributed by atoms with E-state index in [1.54, 1.807) is 0 Å². The van der Waals surface area contributed by atoms with Crippen LogP contribution in [-0.4, -0.2) is 22.7 Å². The maximum Gasteiger partial charge on any atom is 0.239 e. The third-order valence-corrected chi connectivity index (χ3v) is 4.66. The average Bonchev–Trinajstić information content (AvgIpc) is 2.71. The molecule has 1 aliphatic heterocycles. The second-order valence-electron chi connectivity index (χ2n) is 6.28. The van der Waals surface area contributed by atoms with Gasteiger partial charge < -0.3 is 11.5 Å². The quantitative estimate of drug-likeness (QED) is 0.811. The molecule has 0 unspecified atom stereocenters. The fourth-order valence-electron chi connectivity index (χ4n) is 3.14. The molecule has 0 aliphatic carbocycles. The van der Waals surface area contributed by atoms with E-state index in [0.717, 1.165) is 22.3 Å². The summed E-state index contributed by atoms with van der Waals surface area (Å²) in [5, 5.41) is 6.83. The maximum absolute atomic E-state index is 12.1. The number of nitrogen functional groups attached to an aromatic ring is 1. The molecule has 0 saturated heterocycles. The molecule has 1 heterocycles. The summed E-state index contributed by atoms with van der Waals surface area (Å²) in [4.78, 5) is 12.1. The van der Waals surface area contributed by atoms with Gasteiger partial charge >= 0.3 is 0 Å². The Bertz CT molecular complexity index is 862. The van der Waals surface area contributed by atoms with Gasteiger partial charge in [0.25, 0.3) is 0 Å². The van der Waals surface area contributed by atoms with Gasteiger partial charge in [-0.1, -0.05) is 23.7 Å². The van der Waals surface area contributed by atoms with Crippen molar-refractivity contribution in [3.63, 3.8) is 0 Å². The molecule has 1 amide bonds. The van der Waals surface area contributed by atoms with E-state index in [9.17, 15) is 4.79 Å². The fourth-order valence-corrected chi connectivity index (χ4v) is 3.31. The Labute approximate surface area is 152 Å². The summed E-state index contributed by atoms with van der Waals surface area (Å²) in [6.45, 7) is 3.84. The molecule has 5 nitrogen and oxygen atoms in total. The zero-order valence-corrected chi connectivity index (χ0v) is 15.0. The molecule has 2 aromatic rings. The number of hydrogen-bond acceptors (Lipinski definition) is 4. The summed E-state index contributed by atoms with van der Waals surface area (Å²) in [6, 6.07) is 11.3. The Morgan fingerprint density at radius 2 is 2.08 bits per heavy atom. The molecule has 0 fully saturated rings. The van der Waals surface area contributed by atoms with Crippen LogP contribution in [0.1, 0.15) is 36.1 Å². The molecule has 4 N–H and O–H groups in total. The number of halogens is 1. The molecule has 0 radical (unpaired) electrons. The van der Waals surface area contributed by atoms with Crippen LogP contribution in [0, 0.1) is 0 Å². The number of benzene rings is 2. The molecule has 6 heteroatoms. The minimum absolute atomic E-state index is 0.0438. The standard InChI is InChI=1S/C19H21ClN4O/c1-11-7-13-3-5-16(20)9-17(13)19(23-24(11)12(2)25)14-4-6-18(22)15(8-14)10-21/h3-6,8-9,11H,7,10,21-22H2,1-2H3/t11-/m1/s1. The predicted octanol–water partition coefficient (Wildman–Crippen LogP) is 2.93. The van der Waals surface area contributed by atoms with Gasteiger partial charge in [-0.25, -0.2) is 5.01 Å². The molecule has 25 heavy (non-hydrogen) atoms. The highest BCUT2D eigenvalue weighted by atomic mass is 35.5. The fraction of sp³-hybridized carbons (Fsp3) is 0.263. The lowest BCUT2D eigenvalue weighted by atomic mass is 9.93. The first kappa shape index (κ1) is 17.5. The van der Waals surface area contributed by atoms with Gasteiger partial charge in [0, 0.05) is 35.3 Å². The van der Waals surface area contributed by atoms with Crippen LogP contribution in [-0.2, 0) is 17.8 Å². The third kappa shape index (κ3) is 3.38. The smallest absolute Gasteiger partial charge is 0.239 e. The molecule has 130 valence electrons. The van der Waals surface area contributed by atoms with E-state index in [2.05, 4.69) is 5.10 Å². The number of hydrogen-bond donors (Lipinski definition) is 2. The van der Waals surface area contributed by atoms with Crippen LogP contribution in [0.4, 0.5) is 5.69 Å². The van der Waals surface area contributed by atoms with E-state index in [0.29, 0.717) is 29.4 Å². The van der Waals surface area contributed by atoms with Crippen LogP contribution in [0.25, 0.3) is 0 Å². The van der Waals surface area contributed by atoms with Crippen molar-refractivity contribution in [2.75, 3.05) is 5.73 Å². The van der Waals surface area contributed by atoms with Crippen LogP contribution < -0.4 is 11.5 Å². The Kier molecular flexibility index (Phi) is 4.79. The number of fused-ring (bicyclic) bond motifs is 1. The highest BCUT2D eigenvalue weighted by molar-refractivity contribution is 6.31. The van der Waals surface area contributed by atoms with Gasteiger partial charge in [-0.2, -0.15) is 5.10 Å². The lowest BCUT2D eigenvalue weighted by Gasteiger charge is -2.21. The van der Waals surface area contributed by atoms with Crippen LogP contribution in [0.3, 0.4) is 0 Å². The van der Waals surface area contributed by atoms with Gasteiger partial charge in [0.05, 0.1) is 11.8 Å². The van der Waals surface area contributed by atoms with Crippen molar-refractivity contribution in [1.29, 1.82) is 0 Å². The second kappa shape index (κ2) is 6.86. The molecular formula is C19H21ClN4O. The maximum atomic E-state index is 12.1. The van der Waals surface area contributed by atoms with Crippen LogP contribution >= 0.6 is 11.6 Å². The number of rotatable bonds is 2. The molecule has 3 rings (SSSR count). The molecule has 0 aromatic heterocycles. The average molecular weight is 357 g/mol. The highest BCUT2D eigenvalue weighted by Crippen LogP contribution is 2.27. The first-order chi connectivity index (χ1) is 11.9. The SMILES string of the molecule is CC(=O)N1N=C(c2ccc(N)c(CN)c2)c2cc(Cl)ccc2C[C@H]1C. The summed E-state index contributed by atoms with van der Waals surface area (Å²) in [6.07, 6.45) is 0.706. The Morgan fingerprint density at radius 1 is 1.32 bits per heavy atom. The van der Waals surface area contributed by atoms with E-state index in [4.69, 9.17) is 23.1 Å². The number of amides is 1. The third-order valence-electron chi connectivity index (χ3n) is 4.43. The van der Waals surface area contributed by atoms with Gasteiger partial charge in [-0.05, 0) is 48.7 Å². The minimum atomic E-state index is -0.0987. The van der Waals surface area contributed by atoms with E-state index in [1.807, 2.05) is 43.3 Å². The summed E-state index contributed by atoms with van der Waals surface area (Å²) >= 11 is 6.23. The number of nitrogens with two attached hydrogens (primary N) is 2. The van der Waals surface area contributed by atoms with Crippen LogP contribution in [0.5, 0.6) is 0 Å². The Hall–Kier alpha value is -2.37. The Morgan fingerprint density at radius 3 is 2.76 bits per heavy atom. The topological polar surface area (TPSA) is 84.7 Å². The van der Waals surface area contributed by atoms with Crippen molar-refractivity contribution >= 4 is 28.9 Å². The number of hydrazone groups is 1. The zero-order chi connectivity index (χ0) is 18.1. The zero-order valence-electron chi connectivity index (χ0n) is 14.3. The van der Waals surface area contributed by atoms with Gasteiger partial charge in [0.2, 0.25) is 5.91 Å². The summed E-state index contributed by atoms with van der Waals surface area (Å²) in [7, 11) is 0. The van der Waals surface area contributed by atoms with Gasteiger partial charge in [-0.3, -0.25) is 4.79 Å². The number of anilines is 1. The second-order valence-corrected chi connectivity index (χ2v) is 6.72. The van der Waals surface area contributed by atoms with E-state index in [-0.39, 0.29) is 11.9 Å². The predicted molar refractivity (Wildman–Crippen MR) is 102 cm³/mol. The first-order valence-corrected chi connectivity index (χ1v) is 8.54. The van der Waals surface area contributed by atoms with Crippen molar-refractivity contribution in [1.82, 2.24) is 5.01 Å². The molecule has 0 bridgehead atoms. The summed E-state index contributed by atoms with van der Waals surface area (Å²) < 4.78 is 0. The largest absolute Gasteiger partial charge is 0.398 e. The molecule has 2 aromatic carbocycles. The normalized spacial score (nSPS) is 16.9. The molecule has 1 atom stereocenters. The monoisotopic (exact) mass is 356 g/mol. The molecular weight excluding hydrogens is 336 g/mol. The lowest BCUT2D eigenvalue weighted by Crippen LogP contribution is -2.33. The van der Waals surface area contributed by atoms with Gasteiger partial charge in [0.15, 0.2) is 0 Å². The van der Waals surface area contributed by atoms with Crippen molar-refractivity contribution in [3.8, 4) is 0 Å². The lowest BCUT2D eigenvalue weighted by molar-refractivity contribution is -0.130. The van der Waals surface area contributed by atoms with Gasteiger partial charge in [0.1, 0.15) is 0 Å². The van der Waals surface area contributed by atoms with E-state index in [1.165, 1.54) is 11.9 Å². The van der Waals surface area contributed by atoms with Crippen molar-refractivity contribution in [3.05, 3.63) is 63.7 Å². The van der Waals surface area contributed by atoms with Crippen molar-refractivity contribution in [2.24, 2.45) is 10.8 Å². The number of nitrogens with zero attached hydrogens (tertiary/aromatic N) is 2. The Balaban J connectivity index is 2.24. The summed E-state index contributed by atoms with van der Waals surface area (Å²) in [5.74, 6) is -0.0987. The number of carbonyl (C=O) groups excluding carboxylic acids is 1. The van der Waals surface area contributed by atoms with Crippen molar-refractivity contribution < 1.29 is 4.79 Å². The highest BCUT2D eigenvalue weighted by Gasteiger charge is 2.25. The summed E-state index contributed by atoms with van der Waals surface area (Å²) in [5.41, 5.74) is 16.8. The van der Waals surface area contributed by atoms with Crippen LogP contribution in [0.15, 0.2) is 41.5 Å². The number of carbonyl (C=O) groups is 1.